The van der Waals surface area contributed by atoms with Gasteiger partial charge in [-0.05, 0) is 23.8 Å². The van der Waals surface area contributed by atoms with Gasteiger partial charge in [0.15, 0.2) is 0 Å². The number of hydrogen-bond acceptors (Lipinski definition) is 3. The van der Waals surface area contributed by atoms with Gasteiger partial charge in [-0.25, -0.2) is 4.79 Å². The molecule has 2 N–H and O–H groups in total. The van der Waals surface area contributed by atoms with E-state index in [4.69, 9.17) is 4.74 Å². The maximum atomic E-state index is 12.8. The maximum absolute atomic E-state index is 12.8. The zero-order chi connectivity index (χ0) is 18.2. The summed E-state index contributed by atoms with van der Waals surface area (Å²) in [6, 6.07) is 18.7. The van der Waals surface area contributed by atoms with E-state index in [1.165, 1.54) is 0 Å². The smallest absolute Gasteiger partial charge is 0.318 e. The number of carbonyl (C=O) groups is 2. The SMILES string of the molecule is O=C(Nc1c[c]ccc1)[C@H](Cc1ccccc1)NC(=O)N1CCOCC1. The summed E-state index contributed by atoms with van der Waals surface area (Å²) in [7, 11) is 0. The summed E-state index contributed by atoms with van der Waals surface area (Å²) < 4.78 is 5.27. The van der Waals surface area contributed by atoms with E-state index in [2.05, 4.69) is 16.7 Å². The Balaban J connectivity index is 1.70. The lowest BCUT2D eigenvalue weighted by atomic mass is 10.1. The zero-order valence-electron chi connectivity index (χ0n) is 14.5. The third kappa shape index (κ3) is 5.07. The molecular weight excluding hydrogens is 330 g/mol. The molecule has 0 unspecified atom stereocenters. The van der Waals surface area contributed by atoms with Crippen molar-refractivity contribution in [1.29, 1.82) is 0 Å². The molecule has 26 heavy (non-hydrogen) atoms. The van der Waals surface area contributed by atoms with E-state index in [1.54, 1.807) is 29.2 Å². The largest absolute Gasteiger partial charge is 0.378 e. The minimum atomic E-state index is -0.673. The van der Waals surface area contributed by atoms with Crippen LogP contribution in [0.1, 0.15) is 5.56 Å². The van der Waals surface area contributed by atoms with E-state index in [1.807, 2.05) is 30.3 Å². The fraction of sp³-hybridized carbons (Fsp3) is 0.300. The summed E-state index contributed by atoms with van der Waals surface area (Å²) in [6.45, 7) is 2.09. The summed E-state index contributed by atoms with van der Waals surface area (Å²) in [4.78, 5) is 27.0. The first kappa shape index (κ1) is 17.9. The average Bonchev–Trinajstić information content (AvgIpc) is 2.69. The quantitative estimate of drug-likeness (QED) is 0.865. The summed E-state index contributed by atoms with van der Waals surface area (Å²) >= 11 is 0. The fourth-order valence-electron chi connectivity index (χ4n) is 2.77. The van der Waals surface area contributed by atoms with Gasteiger partial charge in [0.25, 0.3) is 0 Å². The first-order valence-electron chi connectivity index (χ1n) is 8.66. The lowest BCUT2D eigenvalue weighted by Gasteiger charge is -2.29. The van der Waals surface area contributed by atoms with Gasteiger partial charge in [0, 0.05) is 25.2 Å². The topological polar surface area (TPSA) is 70.7 Å². The summed E-state index contributed by atoms with van der Waals surface area (Å²) in [6.07, 6.45) is 0.416. The highest BCUT2D eigenvalue weighted by molar-refractivity contribution is 5.97. The Morgan fingerprint density at radius 2 is 1.88 bits per heavy atom. The Morgan fingerprint density at radius 1 is 1.12 bits per heavy atom. The van der Waals surface area contributed by atoms with Crippen molar-refractivity contribution in [2.45, 2.75) is 12.5 Å². The zero-order valence-corrected chi connectivity index (χ0v) is 14.5. The number of benzene rings is 2. The van der Waals surface area contributed by atoms with Gasteiger partial charge < -0.3 is 20.3 Å². The molecule has 2 aromatic carbocycles. The molecule has 1 saturated heterocycles. The van der Waals surface area contributed by atoms with E-state index in [-0.39, 0.29) is 11.9 Å². The number of ether oxygens (including phenoxy) is 1. The molecule has 1 atom stereocenters. The standard InChI is InChI=1S/C20H22N3O3/c24-19(21-17-9-5-2-6-10-17)18(15-16-7-3-1-4-8-16)22-20(25)23-11-13-26-14-12-23/h1-5,7-10,18H,11-15H2,(H,21,24)(H,22,25)/t18-/m0/s1. The van der Waals surface area contributed by atoms with Gasteiger partial charge in [-0.15, -0.1) is 0 Å². The first-order valence-corrected chi connectivity index (χ1v) is 8.66. The van der Waals surface area contributed by atoms with Crippen LogP contribution in [-0.2, 0) is 16.0 Å². The highest BCUT2D eigenvalue weighted by Gasteiger charge is 2.25. The second-order valence-electron chi connectivity index (χ2n) is 6.07. The Labute approximate surface area is 153 Å². The predicted molar refractivity (Wildman–Crippen MR) is 98.8 cm³/mol. The number of rotatable bonds is 5. The molecule has 0 aromatic heterocycles. The monoisotopic (exact) mass is 352 g/mol. The molecule has 135 valence electrons. The molecule has 0 aliphatic carbocycles. The van der Waals surface area contributed by atoms with Crippen LogP contribution in [0.2, 0.25) is 0 Å². The third-order valence-corrected chi connectivity index (χ3v) is 4.17. The van der Waals surface area contributed by atoms with Crippen LogP contribution in [0.15, 0.2) is 54.6 Å². The number of urea groups is 1. The van der Waals surface area contributed by atoms with Crippen molar-refractivity contribution in [2.75, 3.05) is 31.6 Å². The molecule has 0 saturated carbocycles. The molecule has 6 nitrogen and oxygen atoms in total. The molecule has 3 rings (SSSR count). The number of amides is 3. The Hall–Kier alpha value is -2.86. The number of carbonyl (C=O) groups excluding carboxylic acids is 2. The van der Waals surface area contributed by atoms with Gasteiger partial charge in [0.05, 0.1) is 13.2 Å². The number of nitrogens with one attached hydrogen (secondary N) is 2. The van der Waals surface area contributed by atoms with Crippen molar-refractivity contribution in [3.05, 3.63) is 66.2 Å². The predicted octanol–water partition coefficient (Wildman–Crippen LogP) is 2.08. The molecule has 1 heterocycles. The van der Waals surface area contributed by atoms with Gasteiger partial charge in [0.1, 0.15) is 6.04 Å². The van der Waals surface area contributed by atoms with Gasteiger partial charge >= 0.3 is 6.03 Å². The highest BCUT2D eigenvalue weighted by Crippen LogP contribution is 2.09. The Kier molecular flexibility index (Phi) is 6.22. The lowest BCUT2D eigenvalue weighted by molar-refractivity contribution is -0.118. The van der Waals surface area contributed by atoms with E-state index < -0.39 is 6.04 Å². The molecule has 6 heteroatoms. The molecule has 2 aromatic rings. The molecule has 0 spiro atoms. The van der Waals surface area contributed by atoms with Crippen LogP contribution in [0.5, 0.6) is 0 Å². The van der Waals surface area contributed by atoms with Gasteiger partial charge in [-0.2, -0.15) is 0 Å². The Morgan fingerprint density at radius 3 is 2.58 bits per heavy atom. The molecule has 0 bridgehead atoms. The van der Waals surface area contributed by atoms with Crippen LogP contribution in [-0.4, -0.2) is 49.2 Å². The second-order valence-corrected chi connectivity index (χ2v) is 6.07. The van der Waals surface area contributed by atoms with Crippen molar-refractivity contribution in [1.82, 2.24) is 10.2 Å². The number of hydrogen-bond donors (Lipinski definition) is 2. The van der Waals surface area contributed by atoms with Crippen LogP contribution in [0.25, 0.3) is 0 Å². The van der Waals surface area contributed by atoms with E-state index in [0.717, 1.165) is 5.56 Å². The van der Waals surface area contributed by atoms with Crippen molar-refractivity contribution in [3.8, 4) is 0 Å². The third-order valence-electron chi connectivity index (χ3n) is 4.17. The van der Waals surface area contributed by atoms with Crippen molar-refractivity contribution >= 4 is 17.6 Å². The number of nitrogens with zero attached hydrogens (tertiary/aromatic N) is 1. The number of morpholine rings is 1. The van der Waals surface area contributed by atoms with Crippen LogP contribution in [0.3, 0.4) is 0 Å². The molecule has 1 radical (unpaired) electrons. The molecular formula is C20H22N3O3. The van der Waals surface area contributed by atoms with E-state index >= 15 is 0 Å². The fourth-order valence-corrected chi connectivity index (χ4v) is 2.77. The first-order chi connectivity index (χ1) is 12.7. The molecule has 1 aliphatic heterocycles. The maximum Gasteiger partial charge on any atom is 0.318 e. The molecule has 1 aliphatic rings. The summed E-state index contributed by atoms with van der Waals surface area (Å²) in [5, 5.41) is 5.71. The summed E-state index contributed by atoms with van der Waals surface area (Å²) in [5.74, 6) is -0.255. The van der Waals surface area contributed by atoms with Crippen molar-refractivity contribution in [2.24, 2.45) is 0 Å². The van der Waals surface area contributed by atoms with Crippen LogP contribution in [0.4, 0.5) is 10.5 Å². The van der Waals surface area contributed by atoms with Crippen molar-refractivity contribution < 1.29 is 14.3 Å². The van der Waals surface area contributed by atoms with Gasteiger partial charge in [-0.3, -0.25) is 4.79 Å². The average molecular weight is 352 g/mol. The summed E-state index contributed by atoms with van der Waals surface area (Å²) in [5.41, 5.74) is 1.63. The highest BCUT2D eigenvalue weighted by atomic mass is 16.5. The lowest BCUT2D eigenvalue weighted by Crippen LogP contribution is -2.53. The Bertz CT molecular complexity index is 716. The van der Waals surface area contributed by atoms with E-state index in [9.17, 15) is 9.59 Å². The number of anilines is 1. The second kappa shape index (κ2) is 9.01. The molecule has 3 amide bonds. The molecule has 1 fully saturated rings. The normalized spacial score (nSPS) is 15.2. The van der Waals surface area contributed by atoms with Crippen LogP contribution < -0.4 is 10.6 Å². The van der Waals surface area contributed by atoms with Crippen molar-refractivity contribution in [3.63, 3.8) is 0 Å². The van der Waals surface area contributed by atoms with Gasteiger partial charge in [0.2, 0.25) is 5.91 Å². The van der Waals surface area contributed by atoms with Gasteiger partial charge in [-0.1, -0.05) is 42.5 Å². The minimum absolute atomic E-state index is 0.246. The van der Waals surface area contributed by atoms with Crippen LogP contribution >= 0.6 is 0 Å². The minimum Gasteiger partial charge on any atom is -0.378 e. The van der Waals surface area contributed by atoms with Crippen LogP contribution in [0, 0.1) is 6.07 Å². The van der Waals surface area contributed by atoms with E-state index in [0.29, 0.717) is 38.4 Å².